The van der Waals surface area contributed by atoms with Crippen molar-refractivity contribution < 1.29 is 0 Å². The van der Waals surface area contributed by atoms with Crippen LogP contribution < -0.4 is 16.6 Å². The molecule has 6 nitrogen and oxygen atoms in total. The number of hydrazine groups is 1. The third-order valence-electron chi connectivity index (χ3n) is 2.72. The molecule has 0 aliphatic rings. The molecule has 0 aliphatic heterocycles. The second kappa shape index (κ2) is 5.94. The number of nitrogen functional groups attached to an aromatic ring is 1. The zero-order valence-electron chi connectivity index (χ0n) is 11.3. The molecular weight excluding hydrogens is 260 g/mol. The van der Waals surface area contributed by atoms with Crippen LogP contribution >= 0.6 is 11.3 Å². The van der Waals surface area contributed by atoms with E-state index in [1.165, 1.54) is 4.88 Å². The van der Waals surface area contributed by atoms with Gasteiger partial charge in [-0.2, -0.15) is 0 Å². The fourth-order valence-corrected chi connectivity index (χ4v) is 2.40. The highest BCUT2D eigenvalue weighted by molar-refractivity contribution is 7.11. The quantitative estimate of drug-likeness (QED) is 0.572. The zero-order chi connectivity index (χ0) is 13.8. The number of nitrogens with one attached hydrogen (secondary N) is 2. The molecule has 102 valence electrons. The molecule has 0 saturated carbocycles. The summed E-state index contributed by atoms with van der Waals surface area (Å²) in [5.74, 6) is 7.69. The summed E-state index contributed by atoms with van der Waals surface area (Å²) in [5, 5.41) is 4.33. The van der Waals surface area contributed by atoms with Crippen LogP contribution in [0.2, 0.25) is 0 Å². The number of hydrogen-bond donors (Lipinski definition) is 3. The van der Waals surface area contributed by atoms with Gasteiger partial charge in [0.2, 0.25) is 0 Å². The average Bonchev–Trinajstić information content (AvgIpc) is 2.83. The molecule has 2 aromatic heterocycles. The largest absolute Gasteiger partial charge is 0.363 e. The van der Waals surface area contributed by atoms with Crippen molar-refractivity contribution >= 4 is 23.0 Å². The molecular formula is C12H18N6S. The van der Waals surface area contributed by atoms with Crippen LogP contribution in [0.1, 0.15) is 28.2 Å². The normalized spacial score (nSPS) is 10.5. The van der Waals surface area contributed by atoms with Crippen molar-refractivity contribution in [2.45, 2.75) is 33.7 Å². The molecule has 0 amide bonds. The first kappa shape index (κ1) is 13.7. The van der Waals surface area contributed by atoms with Gasteiger partial charge in [-0.25, -0.2) is 20.8 Å². The maximum absolute atomic E-state index is 5.48. The molecule has 19 heavy (non-hydrogen) atoms. The minimum absolute atomic E-state index is 0.656. The fraction of sp³-hybridized carbons (Fsp3) is 0.417. The van der Waals surface area contributed by atoms with E-state index in [-0.39, 0.29) is 0 Å². The highest BCUT2D eigenvalue weighted by Gasteiger charge is 2.09. The molecule has 2 heterocycles. The number of nitrogens with zero attached hydrogens (tertiary/aromatic N) is 3. The standard InChI is InChI=1S/C12H18N6S/c1-4-9-16-11(8(3)12(17-9)18-13)15-6-10-14-5-7(2)19-10/h5H,4,6,13H2,1-3H3,(H2,15,16,17,18). The Labute approximate surface area is 116 Å². The van der Waals surface area contributed by atoms with E-state index in [0.29, 0.717) is 12.4 Å². The lowest BCUT2D eigenvalue weighted by molar-refractivity contribution is 0.920. The molecule has 0 fully saturated rings. The van der Waals surface area contributed by atoms with E-state index >= 15 is 0 Å². The van der Waals surface area contributed by atoms with Gasteiger partial charge in [-0.1, -0.05) is 6.92 Å². The smallest absolute Gasteiger partial charge is 0.148 e. The number of thiazole rings is 1. The lowest BCUT2D eigenvalue weighted by atomic mass is 10.3. The van der Waals surface area contributed by atoms with Gasteiger partial charge < -0.3 is 10.7 Å². The lowest BCUT2D eigenvalue weighted by Gasteiger charge is -2.12. The van der Waals surface area contributed by atoms with Crippen molar-refractivity contribution in [3.63, 3.8) is 0 Å². The third kappa shape index (κ3) is 3.18. The summed E-state index contributed by atoms with van der Waals surface area (Å²) < 4.78 is 0. The van der Waals surface area contributed by atoms with Crippen LogP contribution in [0.4, 0.5) is 11.6 Å². The molecule has 7 heteroatoms. The van der Waals surface area contributed by atoms with E-state index in [2.05, 4.69) is 25.7 Å². The van der Waals surface area contributed by atoms with Crippen molar-refractivity contribution in [2.75, 3.05) is 10.7 Å². The first-order valence-corrected chi connectivity index (χ1v) is 6.95. The fourth-order valence-electron chi connectivity index (χ4n) is 1.68. The van der Waals surface area contributed by atoms with Gasteiger partial charge in [0.25, 0.3) is 0 Å². The number of nitrogens with two attached hydrogens (primary N) is 1. The summed E-state index contributed by atoms with van der Waals surface area (Å²) in [5.41, 5.74) is 3.52. The Hall–Kier alpha value is -1.73. The topological polar surface area (TPSA) is 88.8 Å². The number of anilines is 2. The minimum Gasteiger partial charge on any atom is -0.363 e. The second-order valence-corrected chi connectivity index (χ2v) is 5.50. The molecule has 0 radical (unpaired) electrons. The van der Waals surface area contributed by atoms with E-state index in [4.69, 9.17) is 5.84 Å². The summed E-state index contributed by atoms with van der Waals surface area (Å²) in [7, 11) is 0. The van der Waals surface area contributed by atoms with Crippen LogP contribution in [-0.2, 0) is 13.0 Å². The summed E-state index contributed by atoms with van der Waals surface area (Å²) in [4.78, 5) is 14.3. The zero-order valence-corrected chi connectivity index (χ0v) is 12.1. The van der Waals surface area contributed by atoms with Crippen molar-refractivity contribution in [3.05, 3.63) is 27.5 Å². The molecule has 0 atom stereocenters. The van der Waals surface area contributed by atoms with E-state index in [1.807, 2.05) is 27.0 Å². The van der Waals surface area contributed by atoms with E-state index in [9.17, 15) is 0 Å². The van der Waals surface area contributed by atoms with Gasteiger partial charge in [-0.15, -0.1) is 11.3 Å². The molecule has 0 aromatic carbocycles. The predicted octanol–water partition coefficient (Wildman–Crippen LogP) is 2.01. The first-order chi connectivity index (χ1) is 9.13. The maximum atomic E-state index is 5.48. The number of aromatic nitrogens is 3. The van der Waals surface area contributed by atoms with Crippen LogP contribution in [0.5, 0.6) is 0 Å². The molecule has 2 aromatic rings. The van der Waals surface area contributed by atoms with Gasteiger partial charge >= 0.3 is 0 Å². The molecule has 0 aliphatic carbocycles. The lowest BCUT2D eigenvalue weighted by Crippen LogP contribution is -2.14. The van der Waals surface area contributed by atoms with Crippen molar-refractivity contribution in [3.8, 4) is 0 Å². The molecule has 2 rings (SSSR count). The molecule has 0 spiro atoms. The van der Waals surface area contributed by atoms with E-state index < -0.39 is 0 Å². The van der Waals surface area contributed by atoms with Gasteiger partial charge in [0, 0.05) is 23.1 Å². The van der Waals surface area contributed by atoms with Crippen molar-refractivity contribution in [1.82, 2.24) is 15.0 Å². The van der Waals surface area contributed by atoms with Gasteiger partial charge in [0.15, 0.2) is 0 Å². The third-order valence-corrected chi connectivity index (χ3v) is 3.63. The Morgan fingerprint density at radius 1 is 1.26 bits per heavy atom. The molecule has 0 unspecified atom stereocenters. The molecule has 4 N–H and O–H groups in total. The van der Waals surface area contributed by atoms with Crippen LogP contribution in [0.25, 0.3) is 0 Å². The molecule has 0 bridgehead atoms. The Balaban J connectivity index is 2.19. The van der Waals surface area contributed by atoms with Gasteiger partial charge in [0.05, 0.1) is 6.54 Å². The summed E-state index contributed by atoms with van der Waals surface area (Å²) >= 11 is 1.68. The second-order valence-electron chi connectivity index (χ2n) is 4.18. The summed E-state index contributed by atoms with van der Waals surface area (Å²) in [6, 6.07) is 0. The van der Waals surface area contributed by atoms with Crippen LogP contribution in [0.3, 0.4) is 0 Å². The predicted molar refractivity (Wildman–Crippen MR) is 78.1 cm³/mol. The summed E-state index contributed by atoms with van der Waals surface area (Å²) in [6.07, 6.45) is 2.64. The van der Waals surface area contributed by atoms with Gasteiger partial charge in [-0.3, -0.25) is 0 Å². The van der Waals surface area contributed by atoms with Crippen molar-refractivity contribution in [1.29, 1.82) is 0 Å². The monoisotopic (exact) mass is 278 g/mol. The van der Waals surface area contributed by atoms with Gasteiger partial charge in [0.1, 0.15) is 22.5 Å². The Morgan fingerprint density at radius 3 is 2.58 bits per heavy atom. The number of hydrogen-bond acceptors (Lipinski definition) is 7. The SMILES string of the molecule is CCc1nc(NN)c(C)c(NCc2ncc(C)s2)n1. The van der Waals surface area contributed by atoms with Crippen LogP contribution in [0, 0.1) is 13.8 Å². The van der Waals surface area contributed by atoms with E-state index in [1.54, 1.807) is 11.3 Å². The number of aryl methyl sites for hydroxylation is 2. The molecule has 0 saturated heterocycles. The van der Waals surface area contributed by atoms with Gasteiger partial charge in [-0.05, 0) is 13.8 Å². The Kier molecular flexibility index (Phi) is 4.28. The van der Waals surface area contributed by atoms with Crippen molar-refractivity contribution in [2.24, 2.45) is 5.84 Å². The number of rotatable bonds is 5. The Bertz CT molecular complexity index is 565. The summed E-state index contributed by atoms with van der Waals surface area (Å²) in [6.45, 7) is 6.65. The first-order valence-electron chi connectivity index (χ1n) is 6.13. The highest BCUT2D eigenvalue weighted by atomic mass is 32.1. The van der Waals surface area contributed by atoms with E-state index in [0.717, 1.165) is 28.6 Å². The maximum Gasteiger partial charge on any atom is 0.148 e. The Morgan fingerprint density at radius 2 is 2.00 bits per heavy atom. The average molecular weight is 278 g/mol. The van der Waals surface area contributed by atoms with Crippen LogP contribution in [-0.4, -0.2) is 15.0 Å². The minimum atomic E-state index is 0.656. The highest BCUT2D eigenvalue weighted by Crippen LogP contribution is 2.21. The van der Waals surface area contributed by atoms with Crippen LogP contribution in [0.15, 0.2) is 6.20 Å².